The Labute approximate surface area is 227 Å². The van der Waals surface area contributed by atoms with Crippen molar-refractivity contribution in [3.63, 3.8) is 0 Å². The molecule has 3 unspecified atom stereocenters. The molecule has 9 N–H and O–H groups in total. The van der Waals surface area contributed by atoms with Crippen LogP contribution in [0.25, 0.3) is 11.2 Å². The number of phosphoric acid groups is 3. The number of imidazole rings is 1. The van der Waals surface area contributed by atoms with E-state index in [0.717, 1.165) is 0 Å². The van der Waals surface area contributed by atoms with Crippen LogP contribution in [0, 0.1) is 5.92 Å². The van der Waals surface area contributed by atoms with Gasteiger partial charge in [-0.05, 0) is 29.3 Å². The number of phosphoric ester groups is 1. The van der Waals surface area contributed by atoms with Crippen LogP contribution in [-0.2, 0) is 38.1 Å². The summed E-state index contributed by atoms with van der Waals surface area (Å²) >= 11 is 1.18. The maximum absolute atomic E-state index is 13.1. The molecule has 0 aromatic carbocycles. The number of hydrogen-bond acceptors (Lipinski definition) is 14. The van der Waals surface area contributed by atoms with Gasteiger partial charge in [-0.1, -0.05) is 0 Å². The van der Waals surface area contributed by atoms with Crippen LogP contribution in [0.3, 0.4) is 0 Å². The van der Waals surface area contributed by atoms with Crippen molar-refractivity contribution >= 4 is 57.7 Å². The quantitative estimate of drug-likeness (QED) is 0.106. The molecule has 19 nitrogen and oxygen atoms in total. The third kappa shape index (κ3) is 7.37. The summed E-state index contributed by atoms with van der Waals surface area (Å²) < 4.78 is 54.3. The molecule has 3 aromatic rings. The van der Waals surface area contributed by atoms with E-state index < -0.39 is 53.9 Å². The van der Waals surface area contributed by atoms with Gasteiger partial charge < -0.3 is 35.8 Å². The first-order valence-electron chi connectivity index (χ1n) is 11.0. The highest BCUT2D eigenvalue weighted by Gasteiger charge is 2.44. The summed E-state index contributed by atoms with van der Waals surface area (Å²) in [5.74, 6) is -1.18. The first kappa shape index (κ1) is 30.8. The van der Waals surface area contributed by atoms with Crippen LogP contribution < -0.4 is 17.0 Å². The lowest BCUT2D eigenvalue weighted by molar-refractivity contribution is -0.0287. The number of rotatable bonds is 12. The van der Waals surface area contributed by atoms with Crippen LogP contribution in [0.4, 0.5) is 5.95 Å². The molecule has 3 aromatic heterocycles. The number of ketones is 1. The van der Waals surface area contributed by atoms with Crippen molar-refractivity contribution in [1.29, 1.82) is 0 Å². The number of ether oxygens (including phenoxy) is 1. The summed E-state index contributed by atoms with van der Waals surface area (Å²) in [6.45, 7) is -0.665. The molecule has 0 radical (unpaired) electrons. The molecule has 4 heterocycles. The maximum Gasteiger partial charge on any atom is 0.490 e. The minimum absolute atomic E-state index is 0.0479. The van der Waals surface area contributed by atoms with Crippen molar-refractivity contribution in [2.24, 2.45) is 11.7 Å². The van der Waals surface area contributed by atoms with E-state index in [4.69, 9.17) is 30.5 Å². The van der Waals surface area contributed by atoms with Gasteiger partial charge in [-0.15, -0.1) is 11.3 Å². The second-order valence-corrected chi connectivity index (χ2v) is 13.7. The summed E-state index contributed by atoms with van der Waals surface area (Å²) in [7, 11) is -16.8. The molecule has 0 spiro atoms. The Bertz CT molecular complexity index is 1620. The number of hydrogen-bond donors (Lipinski definition) is 7. The van der Waals surface area contributed by atoms with E-state index in [1.165, 1.54) is 22.2 Å². The number of H-pyrrole nitrogens is 1. The fourth-order valence-electron chi connectivity index (χ4n) is 4.05. The number of thiophene rings is 1. The Morgan fingerprint density at radius 3 is 2.62 bits per heavy atom. The standard InChI is InChI=1S/C17H23N6O13P3S/c18-5-8-1-2-40-14(8)10(24)3-9-4-12(23-7-20-13-15(23)21-17(19)22-16(13)25)34-11(9)6-33-38(29,30)36-39(31,32)35-37(26,27)28/h1-2,7,9,11-12H,3-6,18H2,(H,29,30)(H,31,32)(H2,26,27,28)(H3,19,21,22,25)/t9-,11?,12-/m1/s1. The highest BCUT2D eigenvalue weighted by atomic mass is 32.1. The number of nitrogens with one attached hydrogen (secondary N) is 1. The largest absolute Gasteiger partial charge is 0.490 e. The Morgan fingerprint density at radius 2 is 1.95 bits per heavy atom. The fraction of sp³-hybridized carbons (Fsp3) is 0.412. The number of carbonyl (C=O) groups is 1. The molecule has 1 saturated heterocycles. The van der Waals surface area contributed by atoms with E-state index in [-0.39, 0.29) is 42.3 Å². The molecule has 1 aliphatic heterocycles. The number of aromatic nitrogens is 4. The Balaban J connectivity index is 1.56. The van der Waals surface area contributed by atoms with E-state index >= 15 is 0 Å². The van der Waals surface area contributed by atoms with E-state index in [0.29, 0.717) is 10.4 Å². The van der Waals surface area contributed by atoms with Crippen molar-refractivity contribution in [3.8, 4) is 0 Å². The molecule has 0 bridgehead atoms. The number of fused-ring (bicyclic) bond motifs is 1. The molecule has 23 heteroatoms. The summed E-state index contributed by atoms with van der Waals surface area (Å²) in [5, 5.41) is 1.70. The van der Waals surface area contributed by atoms with Crippen molar-refractivity contribution in [1.82, 2.24) is 19.5 Å². The predicted octanol–water partition coefficient (Wildman–Crippen LogP) is 0.742. The highest BCUT2D eigenvalue weighted by molar-refractivity contribution is 7.66. The van der Waals surface area contributed by atoms with Crippen LogP contribution in [0.15, 0.2) is 22.6 Å². The normalized spacial score (nSPS) is 22.8. The van der Waals surface area contributed by atoms with Crippen molar-refractivity contribution in [2.75, 3.05) is 12.3 Å². The van der Waals surface area contributed by atoms with Crippen LogP contribution in [-0.4, -0.2) is 57.6 Å². The zero-order valence-corrected chi connectivity index (χ0v) is 23.5. The van der Waals surface area contributed by atoms with Crippen molar-refractivity contribution in [3.05, 3.63) is 38.6 Å². The number of anilines is 1. The lowest BCUT2D eigenvalue weighted by Crippen LogP contribution is -2.24. The molecule has 5 atom stereocenters. The van der Waals surface area contributed by atoms with E-state index in [1.807, 2.05) is 0 Å². The molecular formula is C17H23N6O13P3S. The molecule has 1 fully saturated rings. The maximum atomic E-state index is 13.1. The monoisotopic (exact) mass is 644 g/mol. The van der Waals surface area contributed by atoms with E-state index in [9.17, 15) is 33.1 Å². The SMILES string of the molecule is NCc1ccsc1C(=O)C[C@@H]1C[C@H](n2cnc3c(=O)[nH]c(N)nc32)OC1COP(=O)(O)OP(=O)(O)OP(=O)(O)O. The first-order chi connectivity index (χ1) is 18.6. The average Bonchev–Trinajstić information content (AvgIpc) is 3.53. The van der Waals surface area contributed by atoms with Gasteiger partial charge in [0.1, 0.15) is 6.23 Å². The summed E-state index contributed by atoms with van der Waals surface area (Å²) in [6.07, 6.45) is -0.816. The van der Waals surface area contributed by atoms with Gasteiger partial charge in [0, 0.05) is 13.0 Å². The molecular weight excluding hydrogens is 621 g/mol. The van der Waals surface area contributed by atoms with Crippen LogP contribution in [0.1, 0.15) is 34.3 Å². The minimum atomic E-state index is -5.74. The van der Waals surface area contributed by atoms with E-state index in [2.05, 4.69) is 23.6 Å². The zero-order valence-electron chi connectivity index (χ0n) is 20.0. The number of Topliss-reactive ketones (excluding diaryl/α,β-unsaturated/α-hetero) is 1. The first-order valence-corrected chi connectivity index (χ1v) is 16.4. The molecule has 0 amide bonds. The van der Waals surface area contributed by atoms with Gasteiger partial charge in [-0.2, -0.15) is 13.6 Å². The molecule has 40 heavy (non-hydrogen) atoms. The smallest absolute Gasteiger partial charge is 0.369 e. The second kappa shape index (κ2) is 11.6. The third-order valence-corrected chi connectivity index (χ3v) is 10.4. The number of aromatic amines is 1. The van der Waals surface area contributed by atoms with Gasteiger partial charge in [0.05, 0.1) is 23.9 Å². The Hall–Kier alpha value is -2.15. The number of nitrogens with zero attached hydrogens (tertiary/aromatic N) is 3. The van der Waals surface area contributed by atoms with Crippen LogP contribution in [0.2, 0.25) is 0 Å². The Kier molecular flexibility index (Phi) is 8.95. The zero-order chi connectivity index (χ0) is 29.5. The number of carbonyl (C=O) groups excluding carboxylic acids is 1. The predicted molar refractivity (Wildman–Crippen MR) is 136 cm³/mol. The Morgan fingerprint density at radius 1 is 1.23 bits per heavy atom. The molecule has 0 saturated carbocycles. The van der Waals surface area contributed by atoms with Gasteiger partial charge in [-0.3, -0.25) is 23.7 Å². The second-order valence-electron chi connectivity index (χ2n) is 8.39. The summed E-state index contributed by atoms with van der Waals surface area (Å²) in [5.41, 5.74) is 11.4. The molecule has 1 aliphatic rings. The van der Waals surface area contributed by atoms with Gasteiger partial charge >= 0.3 is 23.5 Å². The van der Waals surface area contributed by atoms with Gasteiger partial charge in [0.2, 0.25) is 5.95 Å². The summed E-state index contributed by atoms with van der Waals surface area (Å²) in [6, 6.07) is 1.70. The molecule has 4 rings (SSSR count). The number of nitrogens with two attached hydrogens (primary N) is 2. The van der Waals surface area contributed by atoms with Crippen LogP contribution >= 0.6 is 34.8 Å². The lowest BCUT2D eigenvalue weighted by Gasteiger charge is -2.21. The van der Waals surface area contributed by atoms with Crippen molar-refractivity contribution in [2.45, 2.75) is 31.7 Å². The topological polar surface area (TPSA) is 302 Å². The molecule has 0 aliphatic carbocycles. The molecule has 220 valence electrons. The highest BCUT2D eigenvalue weighted by Crippen LogP contribution is 2.66. The fourth-order valence-corrected chi connectivity index (χ4v) is 7.96. The minimum Gasteiger partial charge on any atom is -0.369 e. The average molecular weight is 644 g/mol. The van der Waals surface area contributed by atoms with Crippen LogP contribution in [0.5, 0.6) is 0 Å². The van der Waals surface area contributed by atoms with Gasteiger partial charge in [0.15, 0.2) is 16.9 Å². The van der Waals surface area contributed by atoms with Gasteiger partial charge in [-0.25, -0.2) is 18.7 Å². The van der Waals surface area contributed by atoms with E-state index in [1.54, 1.807) is 11.4 Å². The van der Waals surface area contributed by atoms with Gasteiger partial charge in [0.25, 0.3) is 5.56 Å². The lowest BCUT2D eigenvalue weighted by atomic mass is 9.93. The number of nitrogen functional groups attached to an aromatic ring is 1. The third-order valence-electron chi connectivity index (χ3n) is 5.61. The summed E-state index contributed by atoms with van der Waals surface area (Å²) in [4.78, 5) is 72.6. The van der Waals surface area contributed by atoms with Crippen molar-refractivity contribution < 1.29 is 55.9 Å².